The van der Waals surface area contributed by atoms with E-state index in [1.54, 1.807) is 12.1 Å². The van der Waals surface area contributed by atoms with Crippen molar-refractivity contribution in [3.63, 3.8) is 0 Å². The third-order valence-corrected chi connectivity index (χ3v) is 3.02. The van der Waals surface area contributed by atoms with Gasteiger partial charge in [-0.1, -0.05) is 23.9 Å². The van der Waals surface area contributed by atoms with Gasteiger partial charge >= 0.3 is 6.18 Å². The van der Waals surface area contributed by atoms with Crippen LogP contribution in [0.15, 0.2) is 29.2 Å². The maximum absolute atomic E-state index is 12.1. The number of nitrogen functional groups attached to an aromatic ring is 1. The first kappa shape index (κ1) is 11.5. The molecule has 0 aliphatic rings. The molecule has 1 rings (SSSR count). The summed E-state index contributed by atoms with van der Waals surface area (Å²) < 4.78 is 34.3. The van der Waals surface area contributed by atoms with Gasteiger partial charge in [0.05, 0.1) is 0 Å². The number of halogens is 4. The molecule has 78 valence electrons. The predicted molar refractivity (Wildman–Crippen MR) is 52.4 cm³/mol. The molecule has 6 heteroatoms. The lowest BCUT2D eigenvalue weighted by Crippen LogP contribution is -2.19. The molecule has 1 atom stereocenters. The van der Waals surface area contributed by atoms with Crippen molar-refractivity contribution in [3.8, 4) is 0 Å². The van der Waals surface area contributed by atoms with Crippen molar-refractivity contribution in [2.45, 2.75) is 15.8 Å². The minimum Gasteiger partial charge on any atom is -0.398 e. The minimum absolute atomic E-state index is 0.299. The second-order valence-electron chi connectivity index (χ2n) is 2.51. The SMILES string of the molecule is Nc1ccccc1S[C@@H](Cl)C(F)(F)F. The van der Waals surface area contributed by atoms with Gasteiger partial charge in [-0.25, -0.2) is 0 Å². The van der Waals surface area contributed by atoms with Gasteiger partial charge < -0.3 is 5.73 Å². The largest absolute Gasteiger partial charge is 0.414 e. The van der Waals surface area contributed by atoms with Crippen LogP contribution in [0.2, 0.25) is 0 Å². The number of rotatable bonds is 2. The Kier molecular flexibility index (Phi) is 3.55. The van der Waals surface area contributed by atoms with Crippen LogP contribution in [0.3, 0.4) is 0 Å². The van der Waals surface area contributed by atoms with Gasteiger partial charge in [-0.15, -0.1) is 11.6 Å². The summed E-state index contributed by atoms with van der Waals surface area (Å²) in [7, 11) is 0. The fourth-order valence-electron chi connectivity index (χ4n) is 0.766. The Morgan fingerprint density at radius 3 is 2.36 bits per heavy atom. The molecule has 0 radical (unpaired) electrons. The van der Waals surface area contributed by atoms with Crippen molar-refractivity contribution in [3.05, 3.63) is 24.3 Å². The van der Waals surface area contributed by atoms with E-state index >= 15 is 0 Å². The fourth-order valence-corrected chi connectivity index (χ4v) is 1.77. The number of alkyl halides is 4. The van der Waals surface area contributed by atoms with E-state index in [0.29, 0.717) is 22.3 Å². The first-order chi connectivity index (χ1) is 6.41. The topological polar surface area (TPSA) is 26.0 Å². The van der Waals surface area contributed by atoms with Crippen LogP contribution in [-0.2, 0) is 0 Å². The van der Waals surface area contributed by atoms with Crippen molar-refractivity contribution in [2.75, 3.05) is 5.73 Å². The van der Waals surface area contributed by atoms with Gasteiger partial charge in [0.15, 0.2) is 4.71 Å². The molecular formula is C8H7ClF3NS. The Morgan fingerprint density at radius 2 is 1.86 bits per heavy atom. The summed E-state index contributed by atoms with van der Waals surface area (Å²) in [4.78, 5) is 0.338. The summed E-state index contributed by atoms with van der Waals surface area (Å²) in [5.41, 5.74) is 5.76. The molecule has 0 aliphatic heterocycles. The number of hydrogen-bond donors (Lipinski definition) is 1. The summed E-state index contributed by atoms with van der Waals surface area (Å²) in [6.45, 7) is 0. The average molecular weight is 242 g/mol. The Balaban J connectivity index is 2.75. The van der Waals surface area contributed by atoms with Crippen LogP contribution in [0.4, 0.5) is 18.9 Å². The molecule has 0 saturated heterocycles. The van der Waals surface area contributed by atoms with Gasteiger partial charge in [0, 0.05) is 10.6 Å². The maximum atomic E-state index is 12.1. The lowest BCUT2D eigenvalue weighted by molar-refractivity contribution is -0.113. The zero-order chi connectivity index (χ0) is 10.8. The molecule has 1 aromatic rings. The van der Waals surface area contributed by atoms with Crippen molar-refractivity contribution in [1.29, 1.82) is 0 Å². The van der Waals surface area contributed by atoms with Crippen LogP contribution >= 0.6 is 23.4 Å². The summed E-state index contributed by atoms with van der Waals surface area (Å²) in [6, 6.07) is 6.29. The van der Waals surface area contributed by atoms with Crippen molar-refractivity contribution in [1.82, 2.24) is 0 Å². The van der Waals surface area contributed by atoms with Crippen LogP contribution in [0.5, 0.6) is 0 Å². The molecule has 0 saturated carbocycles. The minimum atomic E-state index is -4.42. The second-order valence-corrected chi connectivity index (χ2v) is 4.36. The van der Waals surface area contributed by atoms with Crippen LogP contribution in [-0.4, -0.2) is 10.9 Å². The van der Waals surface area contributed by atoms with E-state index in [1.165, 1.54) is 12.1 Å². The first-order valence-electron chi connectivity index (χ1n) is 3.63. The molecule has 2 N–H and O–H groups in total. The van der Waals surface area contributed by atoms with Crippen molar-refractivity contribution >= 4 is 29.1 Å². The van der Waals surface area contributed by atoms with E-state index in [9.17, 15) is 13.2 Å². The molecule has 1 nitrogen and oxygen atoms in total. The molecule has 0 aliphatic carbocycles. The summed E-state index contributed by atoms with van der Waals surface area (Å²) >= 11 is 5.64. The fraction of sp³-hybridized carbons (Fsp3) is 0.250. The number of benzene rings is 1. The molecule has 0 amide bonds. The first-order valence-corrected chi connectivity index (χ1v) is 4.95. The molecule has 0 unspecified atom stereocenters. The highest BCUT2D eigenvalue weighted by Gasteiger charge is 2.39. The molecule has 0 fully saturated rings. The summed E-state index contributed by atoms with van der Waals surface area (Å²) in [5.74, 6) is 0. The lowest BCUT2D eigenvalue weighted by atomic mass is 10.3. The highest BCUT2D eigenvalue weighted by molar-refractivity contribution is 8.01. The summed E-state index contributed by atoms with van der Waals surface area (Å²) in [6.07, 6.45) is -4.42. The van der Waals surface area contributed by atoms with Crippen LogP contribution in [0.25, 0.3) is 0 Å². The molecule has 0 bridgehead atoms. The van der Waals surface area contributed by atoms with Gasteiger partial charge in [0.1, 0.15) is 0 Å². The predicted octanol–water partition coefficient (Wildman–Crippen LogP) is 3.49. The Hall–Kier alpha value is -0.550. The van der Waals surface area contributed by atoms with Crippen molar-refractivity contribution < 1.29 is 13.2 Å². The molecule has 0 spiro atoms. The molecule has 0 aromatic heterocycles. The highest BCUT2D eigenvalue weighted by atomic mass is 35.5. The second kappa shape index (κ2) is 4.31. The van der Waals surface area contributed by atoms with E-state index < -0.39 is 10.9 Å². The zero-order valence-corrected chi connectivity index (χ0v) is 8.46. The Labute approximate surface area is 88.4 Å². The number of thioether (sulfide) groups is 1. The van der Waals surface area contributed by atoms with E-state index in [-0.39, 0.29) is 0 Å². The van der Waals surface area contributed by atoms with Gasteiger partial charge in [-0.3, -0.25) is 0 Å². The third-order valence-electron chi connectivity index (χ3n) is 1.41. The normalized spacial score (nSPS) is 14.0. The number of anilines is 1. The van der Waals surface area contributed by atoms with E-state index in [2.05, 4.69) is 0 Å². The summed E-state index contributed by atoms with van der Waals surface area (Å²) in [5, 5.41) is 0. The van der Waals surface area contributed by atoms with Gasteiger partial charge in [-0.05, 0) is 12.1 Å². The van der Waals surface area contributed by atoms with Crippen LogP contribution in [0.1, 0.15) is 0 Å². The Morgan fingerprint density at radius 1 is 1.29 bits per heavy atom. The van der Waals surface area contributed by atoms with Gasteiger partial charge in [-0.2, -0.15) is 13.2 Å². The van der Waals surface area contributed by atoms with Gasteiger partial charge in [0.2, 0.25) is 0 Å². The average Bonchev–Trinajstić information content (AvgIpc) is 2.07. The van der Waals surface area contributed by atoms with Crippen LogP contribution < -0.4 is 5.73 Å². The molecular weight excluding hydrogens is 235 g/mol. The van der Waals surface area contributed by atoms with E-state index in [1.807, 2.05) is 0 Å². The van der Waals surface area contributed by atoms with Gasteiger partial charge in [0.25, 0.3) is 0 Å². The molecule has 1 aromatic carbocycles. The number of para-hydroxylation sites is 1. The standard InChI is InChI=1S/C8H7ClF3NS/c9-7(8(10,11)12)14-6-4-2-1-3-5(6)13/h1-4,7H,13H2/t7-/m1/s1. The quantitative estimate of drug-likeness (QED) is 0.487. The molecule has 0 heterocycles. The zero-order valence-electron chi connectivity index (χ0n) is 6.88. The maximum Gasteiger partial charge on any atom is 0.414 e. The number of hydrogen-bond acceptors (Lipinski definition) is 2. The number of nitrogens with two attached hydrogens (primary N) is 1. The van der Waals surface area contributed by atoms with E-state index in [0.717, 1.165) is 0 Å². The third kappa shape index (κ3) is 2.99. The van der Waals surface area contributed by atoms with Crippen LogP contribution in [0, 0.1) is 0 Å². The molecule has 14 heavy (non-hydrogen) atoms. The lowest BCUT2D eigenvalue weighted by Gasteiger charge is -2.13. The highest BCUT2D eigenvalue weighted by Crippen LogP contribution is 2.39. The van der Waals surface area contributed by atoms with Crippen molar-refractivity contribution in [2.24, 2.45) is 0 Å². The Bertz CT molecular complexity index is 316. The monoisotopic (exact) mass is 241 g/mol. The smallest absolute Gasteiger partial charge is 0.398 e. The van der Waals surface area contributed by atoms with E-state index in [4.69, 9.17) is 17.3 Å².